The fourth-order valence-corrected chi connectivity index (χ4v) is 3.54. The van der Waals surface area contributed by atoms with Crippen molar-refractivity contribution in [3.63, 3.8) is 0 Å². The average molecular weight is 343 g/mol. The molecule has 1 aromatic carbocycles. The number of carbonyl (C=O) groups excluding carboxylic acids is 2. The van der Waals surface area contributed by atoms with Gasteiger partial charge in [-0.25, -0.2) is 4.79 Å². The maximum absolute atomic E-state index is 12.3. The Bertz CT molecular complexity index is 655. The molecule has 2 aliphatic rings. The lowest BCUT2D eigenvalue weighted by atomic mass is 9.68. The van der Waals surface area contributed by atoms with Gasteiger partial charge in [0.15, 0.2) is 0 Å². The second-order valence-electron chi connectivity index (χ2n) is 6.68. The number of ether oxygens (including phenoxy) is 1. The van der Waals surface area contributed by atoms with Crippen LogP contribution in [0.15, 0.2) is 36.9 Å². The molecule has 1 aliphatic carbocycles. The van der Waals surface area contributed by atoms with E-state index >= 15 is 0 Å². The van der Waals surface area contributed by atoms with Crippen LogP contribution in [0.25, 0.3) is 0 Å². The normalized spacial score (nSPS) is 21.0. The van der Waals surface area contributed by atoms with Gasteiger partial charge in [-0.2, -0.15) is 0 Å². The smallest absolute Gasteiger partial charge is 0.315 e. The molecule has 3 rings (SSSR count). The van der Waals surface area contributed by atoms with Crippen molar-refractivity contribution >= 4 is 11.9 Å². The van der Waals surface area contributed by atoms with Crippen molar-refractivity contribution in [3.8, 4) is 5.75 Å². The number of nitrogens with one attached hydrogen (secondary N) is 3. The molecule has 0 radical (unpaired) electrons. The van der Waals surface area contributed by atoms with Gasteiger partial charge in [-0.1, -0.05) is 30.9 Å². The Morgan fingerprint density at radius 2 is 2.20 bits per heavy atom. The minimum atomic E-state index is -0.238. The highest BCUT2D eigenvalue weighted by molar-refractivity contribution is 5.80. The molecule has 1 saturated carbocycles. The van der Waals surface area contributed by atoms with E-state index in [0.717, 1.165) is 30.6 Å². The van der Waals surface area contributed by atoms with Gasteiger partial charge in [-0.15, -0.1) is 0 Å². The van der Waals surface area contributed by atoms with Gasteiger partial charge in [0, 0.05) is 18.5 Å². The SMILES string of the molecule is C=CCOc1ccccc1CNC(=O)N[C@H]1CCC(=O)NC12CCC2. The molecular weight excluding hydrogens is 318 g/mol. The van der Waals surface area contributed by atoms with Crippen LogP contribution < -0.4 is 20.7 Å². The number of hydrogen-bond donors (Lipinski definition) is 3. The van der Waals surface area contributed by atoms with Crippen LogP contribution in [0.2, 0.25) is 0 Å². The molecule has 6 nitrogen and oxygen atoms in total. The first-order valence-corrected chi connectivity index (χ1v) is 8.80. The van der Waals surface area contributed by atoms with Crippen molar-refractivity contribution in [2.24, 2.45) is 0 Å². The Morgan fingerprint density at radius 3 is 2.92 bits per heavy atom. The number of urea groups is 1. The molecular formula is C19H25N3O3. The van der Waals surface area contributed by atoms with Crippen molar-refractivity contribution in [1.29, 1.82) is 0 Å². The van der Waals surface area contributed by atoms with Crippen LogP contribution in [0.5, 0.6) is 5.75 Å². The summed E-state index contributed by atoms with van der Waals surface area (Å²) >= 11 is 0. The van der Waals surface area contributed by atoms with Crippen molar-refractivity contribution in [2.75, 3.05) is 6.61 Å². The maximum atomic E-state index is 12.3. The van der Waals surface area contributed by atoms with Crippen molar-refractivity contribution in [2.45, 2.75) is 50.2 Å². The quantitative estimate of drug-likeness (QED) is 0.693. The van der Waals surface area contributed by atoms with Gasteiger partial charge in [-0.3, -0.25) is 4.79 Å². The lowest BCUT2D eigenvalue weighted by molar-refractivity contribution is -0.127. The zero-order chi connectivity index (χ0) is 17.7. The largest absolute Gasteiger partial charge is 0.489 e. The van der Waals surface area contributed by atoms with Crippen molar-refractivity contribution in [1.82, 2.24) is 16.0 Å². The Hall–Kier alpha value is -2.50. The minimum Gasteiger partial charge on any atom is -0.489 e. The van der Waals surface area contributed by atoms with Gasteiger partial charge >= 0.3 is 6.03 Å². The fraction of sp³-hybridized carbons (Fsp3) is 0.474. The zero-order valence-electron chi connectivity index (χ0n) is 14.3. The van der Waals surface area contributed by atoms with Gasteiger partial charge < -0.3 is 20.7 Å². The molecule has 0 unspecified atom stereocenters. The Morgan fingerprint density at radius 1 is 1.40 bits per heavy atom. The first kappa shape index (κ1) is 17.3. The van der Waals surface area contributed by atoms with Gasteiger partial charge in [-0.05, 0) is 31.7 Å². The minimum absolute atomic E-state index is 0.00814. The molecule has 6 heteroatoms. The summed E-state index contributed by atoms with van der Waals surface area (Å²) in [5, 5.41) is 9.01. The highest BCUT2D eigenvalue weighted by atomic mass is 16.5. The van der Waals surface area contributed by atoms with Crippen LogP contribution >= 0.6 is 0 Å². The Kier molecular flexibility index (Phi) is 5.26. The van der Waals surface area contributed by atoms with Crippen LogP contribution in [0, 0.1) is 0 Å². The van der Waals surface area contributed by atoms with Crippen LogP contribution in [0.3, 0.4) is 0 Å². The molecule has 1 heterocycles. The van der Waals surface area contributed by atoms with Crippen molar-refractivity contribution < 1.29 is 14.3 Å². The monoisotopic (exact) mass is 343 g/mol. The van der Waals surface area contributed by atoms with Crippen LogP contribution in [-0.2, 0) is 11.3 Å². The average Bonchev–Trinajstić information content (AvgIpc) is 2.59. The molecule has 134 valence electrons. The summed E-state index contributed by atoms with van der Waals surface area (Å²) in [6, 6.07) is 7.38. The number of carbonyl (C=O) groups is 2. The molecule has 1 saturated heterocycles. The zero-order valence-corrected chi connectivity index (χ0v) is 14.3. The summed E-state index contributed by atoms with van der Waals surface area (Å²) in [5.41, 5.74) is 0.673. The van der Waals surface area contributed by atoms with Crippen LogP contribution in [-0.4, -0.2) is 30.1 Å². The first-order chi connectivity index (χ1) is 12.1. The van der Waals surface area contributed by atoms with E-state index < -0.39 is 0 Å². The van der Waals surface area contributed by atoms with Gasteiger partial charge in [0.25, 0.3) is 0 Å². The van der Waals surface area contributed by atoms with Crippen LogP contribution in [0.1, 0.15) is 37.7 Å². The Balaban J connectivity index is 1.55. The third-order valence-electron chi connectivity index (χ3n) is 5.04. The maximum Gasteiger partial charge on any atom is 0.315 e. The predicted octanol–water partition coefficient (Wildman–Crippen LogP) is 2.25. The van der Waals surface area contributed by atoms with Crippen LogP contribution in [0.4, 0.5) is 4.79 Å². The summed E-state index contributed by atoms with van der Waals surface area (Å²) in [6.45, 7) is 4.45. The van der Waals surface area contributed by atoms with E-state index in [-0.39, 0.29) is 23.5 Å². The molecule has 25 heavy (non-hydrogen) atoms. The van der Waals surface area contributed by atoms with Gasteiger partial charge in [0.1, 0.15) is 12.4 Å². The molecule has 2 fully saturated rings. The van der Waals surface area contributed by atoms with E-state index in [1.165, 1.54) is 0 Å². The second kappa shape index (κ2) is 7.59. The number of para-hydroxylation sites is 1. The molecule has 1 aromatic rings. The van der Waals surface area contributed by atoms with E-state index in [9.17, 15) is 9.59 Å². The molecule has 0 bridgehead atoms. The highest BCUT2D eigenvalue weighted by Gasteiger charge is 2.48. The first-order valence-electron chi connectivity index (χ1n) is 8.80. The summed E-state index contributed by atoms with van der Waals surface area (Å²) < 4.78 is 5.60. The van der Waals surface area contributed by atoms with E-state index in [1.807, 2.05) is 24.3 Å². The lowest BCUT2D eigenvalue weighted by Gasteiger charge is -2.50. The Labute approximate surface area is 148 Å². The molecule has 3 N–H and O–H groups in total. The third-order valence-corrected chi connectivity index (χ3v) is 5.04. The molecule has 0 aromatic heterocycles. The predicted molar refractivity (Wildman–Crippen MR) is 95.3 cm³/mol. The molecule has 1 aliphatic heterocycles. The van der Waals surface area contributed by atoms with E-state index in [0.29, 0.717) is 26.0 Å². The standard InChI is InChI=1S/C19H25N3O3/c1-2-12-25-15-7-4-3-6-14(15)13-20-18(24)21-16-8-9-17(23)22-19(16)10-5-11-19/h2-4,6-7,16H,1,5,8-13H2,(H,22,23)(H2,20,21,24)/t16-/m0/s1. The molecule has 3 amide bonds. The number of amides is 3. The summed E-state index contributed by atoms with van der Waals surface area (Å²) in [7, 11) is 0. The molecule has 1 atom stereocenters. The summed E-state index contributed by atoms with van der Waals surface area (Å²) in [5.74, 6) is 0.828. The lowest BCUT2D eigenvalue weighted by Crippen LogP contribution is -2.69. The summed E-state index contributed by atoms with van der Waals surface area (Å²) in [4.78, 5) is 24.0. The number of piperidine rings is 1. The second-order valence-corrected chi connectivity index (χ2v) is 6.68. The highest BCUT2D eigenvalue weighted by Crippen LogP contribution is 2.38. The fourth-order valence-electron chi connectivity index (χ4n) is 3.54. The van der Waals surface area contributed by atoms with E-state index in [4.69, 9.17) is 4.74 Å². The topological polar surface area (TPSA) is 79.5 Å². The van der Waals surface area contributed by atoms with Gasteiger partial charge in [0.05, 0.1) is 11.6 Å². The van der Waals surface area contributed by atoms with E-state index in [1.54, 1.807) is 6.08 Å². The number of benzene rings is 1. The third kappa shape index (κ3) is 3.95. The van der Waals surface area contributed by atoms with E-state index in [2.05, 4.69) is 22.5 Å². The van der Waals surface area contributed by atoms with Gasteiger partial charge in [0.2, 0.25) is 5.91 Å². The molecule has 1 spiro atoms. The number of hydrogen-bond acceptors (Lipinski definition) is 3. The van der Waals surface area contributed by atoms with Crippen molar-refractivity contribution in [3.05, 3.63) is 42.5 Å². The number of rotatable bonds is 6. The summed E-state index contributed by atoms with van der Waals surface area (Å²) in [6.07, 6.45) is 5.80.